The van der Waals surface area contributed by atoms with Crippen molar-refractivity contribution in [2.45, 2.75) is 38.8 Å². The maximum Gasteiger partial charge on any atom is 0.357 e. The molecule has 2 aromatic carbocycles. The number of anilines is 2. The van der Waals surface area contributed by atoms with Gasteiger partial charge in [0.05, 0.1) is 22.4 Å². The zero-order valence-corrected chi connectivity index (χ0v) is 32.7. The third-order valence-electron chi connectivity index (χ3n) is 10.1. The summed E-state index contributed by atoms with van der Waals surface area (Å²) in [6.45, 7) is 7.50. The van der Waals surface area contributed by atoms with Gasteiger partial charge < -0.3 is 43.6 Å². The van der Waals surface area contributed by atoms with E-state index in [1.807, 2.05) is 80.8 Å². The van der Waals surface area contributed by atoms with Gasteiger partial charge in [0.15, 0.2) is 23.0 Å². The number of benzene rings is 2. The van der Waals surface area contributed by atoms with Gasteiger partial charge in [-0.15, -0.1) is 0 Å². The fourth-order valence-electron chi connectivity index (χ4n) is 7.25. The second-order valence-corrected chi connectivity index (χ2v) is 14.5. The van der Waals surface area contributed by atoms with Crippen LogP contribution in [0.1, 0.15) is 45.2 Å². The fraction of sp³-hybridized carbons (Fsp3) is 0.227. The van der Waals surface area contributed by atoms with Crippen molar-refractivity contribution in [2.24, 2.45) is 5.73 Å². The first-order valence-corrected chi connectivity index (χ1v) is 19.4. The van der Waals surface area contributed by atoms with Gasteiger partial charge in [0, 0.05) is 74.2 Å². The number of carboxylic acid groups (broad SMARTS) is 1. The molecule has 0 spiro atoms. The number of carbonyl (C=O) groups excluding carboxylic acids is 1. The summed E-state index contributed by atoms with van der Waals surface area (Å²) < 4.78 is 14.7. The highest BCUT2D eigenvalue weighted by Crippen LogP contribution is 2.26. The van der Waals surface area contributed by atoms with E-state index in [1.54, 1.807) is 12.1 Å². The molecule has 0 bridgehead atoms. The number of hydrogen-bond donors (Lipinski definition) is 3. The average molecular weight is 793 g/mol. The molecule has 15 nitrogen and oxygen atoms in total. The molecule has 6 aromatic heterocycles. The van der Waals surface area contributed by atoms with E-state index in [2.05, 4.69) is 69.5 Å². The van der Waals surface area contributed by atoms with Crippen molar-refractivity contribution in [2.75, 3.05) is 36.0 Å². The lowest BCUT2D eigenvalue weighted by atomic mass is 10.2. The van der Waals surface area contributed by atoms with Crippen molar-refractivity contribution >= 4 is 34.5 Å². The van der Waals surface area contributed by atoms with E-state index in [0.29, 0.717) is 24.0 Å². The fourth-order valence-corrected chi connectivity index (χ4v) is 7.25. The molecular weight excluding hydrogens is 749 g/mol. The molecule has 2 atom stereocenters. The van der Waals surface area contributed by atoms with Crippen LogP contribution >= 0.6 is 0 Å². The number of amides is 1. The number of carboxylic acids is 1. The third kappa shape index (κ3) is 8.84. The molecule has 300 valence electrons. The normalized spacial score (nSPS) is 16.1. The van der Waals surface area contributed by atoms with Crippen LogP contribution in [0.4, 0.5) is 11.6 Å². The summed E-state index contributed by atoms with van der Waals surface area (Å²) in [5.41, 5.74) is 12.0. The SMILES string of the molecule is Cc1cn2cccc2c(N2CC[C@H](N)C2)n1.Cc1cn2cccc2c(N2CC[C@H](NC(=O)c3coc(-c4ccccc4)n3)C2)n1.O=C(O)c1coc(-c2ccccc2)n1. The van der Waals surface area contributed by atoms with Crippen LogP contribution in [0.3, 0.4) is 0 Å². The van der Waals surface area contributed by atoms with Gasteiger partial charge in [-0.3, -0.25) is 4.79 Å². The van der Waals surface area contributed by atoms with Crippen LogP contribution in [0.5, 0.6) is 0 Å². The van der Waals surface area contributed by atoms with E-state index in [9.17, 15) is 9.59 Å². The molecule has 2 fully saturated rings. The zero-order chi connectivity index (χ0) is 40.9. The van der Waals surface area contributed by atoms with Crippen molar-refractivity contribution in [1.82, 2.24) is 34.1 Å². The van der Waals surface area contributed by atoms with E-state index < -0.39 is 5.97 Å². The van der Waals surface area contributed by atoms with E-state index in [-0.39, 0.29) is 23.7 Å². The Kier molecular flexibility index (Phi) is 11.2. The Labute approximate surface area is 339 Å². The molecule has 0 unspecified atom stereocenters. The molecule has 2 aliphatic heterocycles. The monoisotopic (exact) mass is 792 g/mol. The Bertz CT molecular complexity index is 2690. The van der Waals surface area contributed by atoms with Gasteiger partial charge in [0.1, 0.15) is 12.5 Å². The van der Waals surface area contributed by atoms with Gasteiger partial charge in [0.25, 0.3) is 5.91 Å². The van der Waals surface area contributed by atoms with Gasteiger partial charge in [-0.25, -0.2) is 24.7 Å². The van der Waals surface area contributed by atoms with Crippen LogP contribution in [0.25, 0.3) is 33.9 Å². The predicted molar refractivity (Wildman–Crippen MR) is 224 cm³/mol. The van der Waals surface area contributed by atoms with Crippen LogP contribution in [-0.2, 0) is 0 Å². The second kappa shape index (κ2) is 17.1. The largest absolute Gasteiger partial charge is 0.476 e. The van der Waals surface area contributed by atoms with Crippen molar-refractivity contribution in [1.29, 1.82) is 0 Å². The number of aromatic nitrogens is 6. The predicted octanol–water partition coefficient (Wildman–Crippen LogP) is 6.53. The van der Waals surface area contributed by atoms with E-state index >= 15 is 0 Å². The Morgan fingerprint density at radius 2 is 1.19 bits per heavy atom. The molecule has 8 aromatic rings. The number of aryl methyl sites for hydroxylation is 2. The molecule has 4 N–H and O–H groups in total. The molecule has 10 rings (SSSR count). The summed E-state index contributed by atoms with van der Waals surface area (Å²) in [5.74, 6) is 1.49. The Morgan fingerprint density at radius 3 is 1.69 bits per heavy atom. The highest BCUT2D eigenvalue weighted by Gasteiger charge is 2.28. The highest BCUT2D eigenvalue weighted by molar-refractivity contribution is 5.92. The maximum atomic E-state index is 12.6. The van der Waals surface area contributed by atoms with E-state index in [0.717, 1.165) is 78.4 Å². The van der Waals surface area contributed by atoms with Crippen LogP contribution < -0.4 is 20.9 Å². The van der Waals surface area contributed by atoms with Crippen LogP contribution in [0, 0.1) is 13.8 Å². The first kappa shape index (κ1) is 38.6. The molecule has 2 aliphatic rings. The number of fused-ring (bicyclic) bond motifs is 2. The number of oxazole rings is 2. The molecule has 0 saturated carbocycles. The van der Waals surface area contributed by atoms with Crippen LogP contribution in [0.2, 0.25) is 0 Å². The Balaban J connectivity index is 0.000000136. The number of nitrogens with one attached hydrogen (secondary N) is 1. The Morgan fingerprint density at radius 1 is 0.678 bits per heavy atom. The van der Waals surface area contributed by atoms with Gasteiger partial charge in [-0.1, -0.05) is 36.4 Å². The summed E-state index contributed by atoms with van der Waals surface area (Å²) in [5, 5.41) is 11.7. The van der Waals surface area contributed by atoms with Crippen molar-refractivity contribution in [3.63, 3.8) is 0 Å². The summed E-state index contributed by atoms with van der Waals surface area (Å²) in [7, 11) is 0. The molecule has 59 heavy (non-hydrogen) atoms. The Hall–Kier alpha value is -7.26. The lowest BCUT2D eigenvalue weighted by molar-refractivity contribution is 0.0690. The number of nitrogens with zero attached hydrogens (tertiary/aromatic N) is 8. The quantitative estimate of drug-likeness (QED) is 0.159. The third-order valence-corrected chi connectivity index (χ3v) is 10.1. The minimum Gasteiger partial charge on any atom is -0.476 e. The number of hydrogen-bond acceptors (Lipinski definition) is 11. The minimum absolute atomic E-state index is 0.0386. The van der Waals surface area contributed by atoms with Gasteiger partial charge >= 0.3 is 5.97 Å². The smallest absolute Gasteiger partial charge is 0.357 e. The number of rotatable bonds is 7. The maximum absolute atomic E-state index is 12.6. The lowest BCUT2D eigenvalue weighted by Crippen LogP contribution is -2.37. The second-order valence-electron chi connectivity index (χ2n) is 14.5. The lowest BCUT2D eigenvalue weighted by Gasteiger charge is -2.19. The molecule has 8 heterocycles. The molecule has 0 radical (unpaired) electrons. The number of carbonyl (C=O) groups is 2. The first-order valence-electron chi connectivity index (χ1n) is 19.4. The summed E-state index contributed by atoms with van der Waals surface area (Å²) in [6, 6.07) is 27.3. The van der Waals surface area contributed by atoms with E-state index in [1.165, 1.54) is 11.8 Å². The van der Waals surface area contributed by atoms with Gasteiger partial charge in [-0.2, -0.15) is 0 Å². The van der Waals surface area contributed by atoms with Gasteiger partial charge in [0.2, 0.25) is 11.8 Å². The van der Waals surface area contributed by atoms with Crippen molar-refractivity contribution < 1.29 is 23.5 Å². The topological polar surface area (TPSA) is 186 Å². The van der Waals surface area contributed by atoms with Crippen molar-refractivity contribution in [3.05, 3.63) is 145 Å². The zero-order valence-electron chi connectivity index (χ0n) is 32.7. The highest BCUT2D eigenvalue weighted by atomic mass is 16.4. The number of aromatic carboxylic acids is 1. The summed E-state index contributed by atoms with van der Waals surface area (Å²) in [6.07, 6.45) is 12.6. The summed E-state index contributed by atoms with van der Waals surface area (Å²) in [4.78, 5) is 45.2. The first-order chi connectivity index (χ1) is 28.7. The molecule has 15 heteroatoms. The molecule has 1 amide bonds. The van der Waals surface area contributed by atoms with Crippen LogP contribution in [0.15, 0.2) is 131 Å². The van der Waals surface area contributed by atoms with E-state index in [4.69, 9.17) is 24.7 Å². The minimum atomic E-state index is -1.09. The number of nitrogens with two attached hydrogens (primary N) is 1. The van der Waals surface area contributed by atoms with Gasteiger partial charge in [-0.05, 0) is 75.2 Å². The average Bonchev–Trinajstić information content (AvgIpc) is 4.10. The molecular formula is C44H44N10O5. The van der Waals surface area contributed by atoms with Crippen LogP contribution in [-0.4, -0.2) is 84.0 Å². The van der Waals surface area contributed by atoms with Crippen molar-refractivity contribution in [3.8, 4) is 22.9 Å². The molecule has 2 saturated heterocycles. The standard InChI is InChI=1S/C22H21N5O2.C12H16N4.C10H7NO3/c1-15-12-26-10-5-8-19(26)20(23-15)27-11-9-17(13-27)24-21(28)18-14-29-22(25-18)16-6-3-2-4-7-16;1-9-7-15-5-2-3-11(15)12(14-9)16-6-4-10(13)8-16;12-10(13)8-6-14-9(11-8)7-4-2-1-3-5-7/h2-8,10,12,14,17H,9,11,13H2,1H3,(H,24,28);2-3,5,7,10H,4,6,8,13H2,1H3;1-6H,(H,12,13)/t17-;10-;/m00./s1. The summed E-state index contributed by atoms with van der Waals surface area (Å²) >= 11 is 0. The molecule has 0 aliphatic carbocycles.